The van der Waals surface area contributed by atoms with Crippen LogP contribution < -0.4 is 0 Å². The molecule has 0 radical (unpaired) electrons. The van der Waals surface area contributed by atoms with E-state index < -0.39 is 47.0 Å². The molecular formula is C26H25F7N2O3. The average molecular weight is 546 g/mol. The highest BCUT2D eigenvalue weighted by Gasteiger charge is 2.45. The molecule has 1 aliphatic heterocycles. The van der Waals surface area contributed by atoms with Crippen LogP contribution in [-0.2, 0) is 32.3 Å². The summed E-state index contributed by atoms with van der Waals surface area (Å²) in [5.41, 5.74) is -4.53. The van der Waals surface area contributed by atoms with E-state index in [0.717, 1.165) is 12.1 Å². The summed E-state index contributed by atoms with van der Waals surface area (Å²) in [5, 5.41) is 0. The van der Waals surface area contributed by atoms with Gasteiger partial charge in [-0.3, -0.25) is 9.69 Å². The fraction of sp³-hybridized carbons (Fsp3) is 0.423. The fourth-order valence-corrected chi connectivity index (χ4v) is 3.91. The van der Waals surface area contributed by atoms with Crippen molar-refractivity contribution < 1.29 is 45.0 Å². The summed E-state index contributed by atoms with van der Waals surface area (Å²) in [4.78, 5) is 14.8. The molecule has 1 saturated heterocycles. The normalized spacial score (nSPS) is 19.4. The van der Waals surface area contributed by atoms with Crippen molar-refractivity contribution >= 4 is 5.91 Å². The van der Waals surface area contributed by atoms with Gasteiger partial charge in [-0.2, -0.15) is 26.3 Å². The number of nitrogens with zero attached hydrogens (tertiary/aromatic N) is 2. The van der Waals surface area contributed by atoms with Crippen LogP contribution in [0, 0.1) is 17.7 Å². The van der Waals surface area contributed by atoms with Crippen molar-refractivity contribution in [3.63, 3.8) is 0 Å². The monoisotopic (exact) mass is 546 g/mol. The third kappa shape index (κ3) is 6.83. The first kappa shape index (κ1) is 29.4. The molecule has 1 amide bonds. The number of ether oxygens (including phenoxy) is 2. The Morgan fingerprint density at radius 1 is 1.08 bits per heavy atom. The van der Waals surface area contributed by atoms with Gasteiger partial charge in [0.1, 0.15) is 5.82 Å². The summed E-state index contributed by atoms with van der Waals surface area (Å²) in [7, 11) is 3.03. The second-order valence-electron chi connectivity index (χ2n) is 8.87. The maximum absolute atomic E-state index is 13.7. The van der Waals surface area contributed by atoms with Crippen LogP contribution in [0.5, 0.6) is 0 Å². The molecule has 12 heteroatoms. The molecule has 2 atom stereocenters. The number of rotatable bonds is 5. The zero-order chi connectivity index (χ0) is 28.3. The quantitative estimate of drug-likeness (QED) is 0.381. The Morgan fingerprint density at radius 3 is 2.18 bits per heavy atom. The SMILES string of the molecule is C[C@@H](O[C@@]1(c2ccc(F)cc2)COCCN1CC#CC(=O)N(C)C)c1cc(C(F)(F)F)cc(C(F)(F)F)c1. The van der Waals surface area contributed by atoms with Gasteiger partial charge in [0.25, 0.3) is 5.91 Å². The van der Waals surface area contributed by atoms with Crippen molar-refractivity contribution in [1.82, 2.24) is 9.80 Å². The van der Waals surface area contributed by atoms with E-state index in [1.54, 1.807) is 4.90 Å². The number of hydrogen-bond acceptors (Lipinski definition) is 4. The molecule has 1 aliphatic rings. The number of carbonyl (C=O) groups excluding carboxylic acids is 1. The number of halogens is 7. The zero-order valence-electron chi connectivity index (χ0n) is 20.7. The highest BCUT2D eigenvalue weighted by atomic mass is 19.4. The van der Waals surface area contributed by atoms with E-state index in [-0.39, 0.29) is 37.9 Å². The van der Waals surface area contributed by atoms with E-state index in [4.69, 9.17) is 9.47 Å². The van der Waals surface area contributed by atoms with Crippen LogP contribution in [-0.4, -0.2) is 56.1 Å². The molecule has 0 unspecified atom stereocenters. The molecule has 38 heavy (non-hydrogen) atoms. The smallest absolute Gasteiger partial charge is 0.375 e. The molecule has 1 fully saturated rings. The van der Waals surface area contributed by atoms with Crippen LogP contribution in [0.15, 0.2) is 42.5 Å². The molecule has 2 aromatic rings. The van der Waals surface area contributed by atoms with E-state index in [1.807, 2.05) is 0 Å². The second-order valence-corrected chi connectivity index (χ2v) is 8.87. The van der Waals surface area contributed by atoms with E-state index in [0.29, 0.717) is 17.7 Å². The summed E-state index contributed by atoms with van der Waals surface area (Å²) < 4.78 is 106. The Morgan fingerprint density at radius 2 is 1.66 bits per heavy atom. The Balaban J connectivity index is 2.07. The molecule has 1 heterocycles. The summed E-state index contributed by atoms with van der Waals surface area (Å²) in [6.45, 7) is 1.49. The lowest BCUT2D eigenvalue weighted by Crippen LogP contribution is -2.56. The van der Waals surface area contributed by atoms with Gasteiger partial charge < -0.3 is 14.4 Å². The van der Waals surface area contributed by atoms with Crippen molar-refractivity contribution in [1.29, 1.82) is 0 Å². The molecule has 206 valence electrons. The minimum Gasteiger partial charge on any atom is -0.375 e. The predicted octanol–water partition coefficient (Wildman–Crippen LogP) is 5.22. The third-order valence-electron chi connectivity index (χ3n) is 5.93. The number of amides is 1. The highest BCUT2D eigenvalue weighted by Crippen LogP contribution is 2.41. The Kier molecular flexibility index (Phi) is 8.75. The lowest BCUT2D eigenvalue weighted by molar-refractivity contribution is -0.245. The first-order valence-corrected chi connectivity index (χ1v) is 11.4. The second kappa shape index (κ2) is 11.3. The lowest BCUT2D eigenvalue weighted by atomic mass is 9.97. The van der Waals surface area contributed by atoms with Crippen molar-refractivity contribution in [3.05, 3.63) is 70.5 Å². The van der Waals surface area contributed by atoms with Gasteiger partial charge in [-0.25, -0.2) is 4.39 Å². The van der Waals surface area contributed by atoms with Gasteiger partial charge in [-0.1, -0.05) is 18.1 Å². The van der Waals surface area contributed by atoms with Crippen molar-refractivity contribution in [2.75, 3.05) is 40.4 Å². The summed E-state index contributed by atoms with van der Waals surface area (Å²) in [6.07, 6.45) is -11.4. The van der Waals surface area contributed by atoms with Crippen LogP contribution in [0.2, 0.25) is 0 Å². The number of benzene rings is 2. The summed E-state index contributed by atoms with van der Waals surface area (Å²) >= 11 is 0. The van der Waals surface area contributed by atoms with Gasteiger partial charge in [0.15, 0.2) is 5.72 Å². The maximum atomic E-state index is 13.7. The van der Waals surface area contributed by atoms with E-state index in [9.17, 15) is 35.5 Å². The Hall–Kier alpha value is -3.14. The molecule has 0 bridgehead atoms. The molecule has 0 aromatic heterocycles. The van der Waals surface area contributed by atoms with E-state index in [1.165, 1.54) is 38.1 Å². The van der Waals surface area contributed by atoms with Crippen molar-refractivity contribution in [2.45, 2.75) is 31.1 Å². The average Bonchev–Trinajstić information content (AvgIpc) is 2.84. The third-order valence-corrected chi connectivity index (χ3v) is 5.93. The fourth-order valence-electron chi connectivity index (χ4n) is 3.91. The van der Waals surface area contributed by atoms with Crippen LogP contribution in [0.3, 0.4) is 0 Å². The lowest BCUT2D eigenvalue weighted by Gasteiger charge is -2.47. The molecule has 3 rings (SSSR count). The maximum Gasteiger partial charge on any atom is 0.416 e. The van der Waals surface area contributed by atoms with Crippen LogP contribution in [0.25, 0.3) is 0 Å². The van der Waals surface area contributed by atoms with Gasteiger partial charge >= 0.3 is 12.4 Å². The van der Waals surface area contributed by atoms with Crippen LogP contribution in [0.1, 0.15) is 35.3 Å². The standard InChI is InChI=1S/C26H25F7N2O3/c1-17(18-13-20(25(28,29)30)15-21(14-18)26(31,32)33)38-24(19-6-8-22(27)9-7-19)16-37-12-11-35(24)10-4-5-23(36)34(2)3/h6-9,13-15,17H,10-12,16H2,1-3H3/t17-,24-/m1/s1. The van der Waals surface area contributed by atoms with Crippen LogP contribution >= 0.6 is 0 Å². The number of carbonyl (C=O) groups is 1. The minimum absolute atomic E-state index is 0.0410. The van der Waals surface area contributed by atoms with Gasteiger partial charge in [-0.05, 0) is 48.7 Å². The topological polar surface area (TPSA) is 42.0 Å². The molecule has 0 aliphatic carbocycles. The van der Waals surface area contributed by atoms with E-state index >= 15 is 0 Å². The van der Waals surface area contributed by atoms with Gasteiger partial charge in [-0.15, -0.1) is 0 Å². The molecule has 5 nitrogen and oxygen atoms in total. The number of hydrogen-bond donors (Lipinski definition) is 0. The largest absolute Gasteiger partial charge is 0.416 e. The van der Waals surface area contributed by atoms with Gasteiger partial charge in [0, 0.05) is 26.2 Å². The van der Waals surface area contributed by atoms with Gasteiger partial charge in [0.05, 0.1) is 37.0 Å². The zero-order valence-corrected chi connectivity index (χ0v) is 20.7. The Bertz CT molecular complexity index is 1170. The molecule has 0 spiro atoms. The van der Waals surface area contributed by atoms with E-state index in [2.05, 4.69) is 11.8 Å². The van der Waals surface area contributed by atoms with Gasteiger partial charge in [0.2, 0.25) is 0 Å². The van der Waals surface area contributed by atoms with Crippen LogP contribution in [0.4, 0.5) is 30.7 Å². The first-order chi connectivity index (χ1) is 17.6. The van der Waals surface area contributed by atoms with Crippen molar-refractivity contribution in [3.8, 4) is 11.8 Å². The number of alkyl halides is 6. The Labute approximate surface area is 215 Å². The first-order valence-electron chi connectivity index (χ1n) is 11.4. The minimum atomic E-state index is -5.03. The predicted molar refractivity (Wildman–Crippen MR) is 123 cm³/mol. The van der Waals surface area contributed by atoms with Crippen molar-refractivity contribution in [2.24, 2.45) is 0 Å². The molecule has 2 aromatic carbocycles. The molecule has 0 saturated carbocycles. The molecular weight excluding hydrogens is 521 g/mol. The molecule has 0 N–H and O–H groups in total. The summed E-state index contributed by atoms with van der Waals surface area (Å²) in [6, 6.07) is 6.30. The highest BCUT2D eigenvalue weighted by molar-refractivity contribution is 5.93. The number of morpholine rings is 1. The summed E-state index contributed by atoms with van der Waals surface area (Å²) in [5.74, 6) is 4.14.